The molecular weight excluding hydrogens is 212 g/mol. The molecule has 0 aliphatic carbocycles. The molecule has 0 aliphatic heterocycles. The summed E-state index contributed by atoms with van der Waals surface area (Å²) in [5.74, 6) is -0.983. The maximum atomic E-state index is 13.5. The van der Waals surface area contributed by atoms with E-state index in [0.717, 1.165) is 23.9 Å². The van der Waals surface area contributed by atoms with Crippen LogP contribution in [-0.2, 0) is 0 Å². The Bertz CT molecular complexity index is 520. The van der Waals surface area contributed by atoms with E-state index in [1.807, 2.05) is 0 Å². The fourth-order valence-electron chi connectivity index (χ4n) is 1.61. The first-order valence-electron chi connectivity index (χ1n) is 4.81. The molecule has 16 heavy (non-hydrogen) atoms. The standard InChI is InChI=1S/C11H11F2N3/c1-6-10(14-2)11(16-15-6)8-5-7(12)3-4-9(8)13/h3-5,14H,1-2H3,(H,15,16). The van der Waals surface area contributed by atoms with Gasteiger partial charge in [-0.3, -0.25) is 5.10 Å². The number of hydrogen-bond donors (Lipinski definition) is 2. The predicted molar refractivity (Wildman–Crippen MR) is 58.2 cm³/mol. The first-order valence-corrected chi connectivity index (χ1v) is 4.81. The Labute approximate surface area is 91.5 Å². The van der Waals surface area contributed by atoms with Crippen LogP contribution in [0.4, 0.5) is 14.5 Å². The van der Waals surface area contributed by atoms with Crippen LogP contribution in [0, 0.1) is 18.6 Å². The van der Waals surface area contributed by atoms with Crippen LogP contribution in [-0.4, -0.2) is 17.2 Å². The summed E-state index contributed by atoms with van der Waals surface area (Å²) in [5, 5.41) is 9.60. The molecule has 0 amide bonds. The largest absolute Gasteiger partial charge is 0.385 e. The van der Waals surface area contributed by atoms with Crippen molar-refractivity contribution < 1.29 is 8.78 Å². The third kappa shape index (κ3) is 1.64. The van der Waals surface area contributed by atoms with Crippen LogP contribution < -0.4 is 5.32 Å². The van der Waals surface area contributed by atoms with Gasteiger partial charge in [0.15, 0.2) is 0 Å². The Hall–Kier alpha value is -1.91. The van der Waals surface area contributed by atoms with Crippen molar-refractivity contribution in [2.45, 2.75) is 6.92 Å². The summed E-state index contributed by atoms with van der Waals surface area (Å²) in [5.41, 5.74) is 1.98. The number of hydrogen-bond acceptors (Lipinski definition) is 2. The lowest BCUT2D eigenvalue weighted by Gasteiger charge is -2.04. The highest BCUT2D eigenvalue weighted by molar-refractivity contribution is 5.76. The van der Waals surface area contributed by atoms with Crippen molar-refractivity contribution in [1.29, 1.82) is 0 Å². The number of H-pyrrole nitrogens is 1. The molecule has 0 unspecified atom stereocenters. The molecule has 0 radical (unpaired) electrons. The fourth-order valence-corrected chi connectivity index (χ4v) is 1.61. The summed E-state index contributed by atoms with van der Waals surface area (Å²) in [7, 11) is 1.71. The van der Waals surface area contributed by atoms with Crippen molar-refractivity contribution in [3.8, 4) is 11.3 Å². The van der Waals surface area contributed by atoms with Crippen molar-refractivity contribution in [1.82, 2.24) is 10.2 Å². The van der Waals surface area contributed by atoms with Gasteiger partial charge in [-0.2, -0.15) is 5.10 Å². The van der Waals surface area contributed by atoms with Gasteiger partial charge in [0.05, 0.1) is 11.4 Å². The smallest absolute Gasteiger partial charge is 0.132 e. The van der Waals surface area contributed by atoms with Gasteiger partial charge in [0.25, 0.3) is 0 Å². The lowest BCUT2D eigenvalue weighted by Crippen LogP contribution is -1.93. The molecule has 5 heteroatoms. The van der Waals surface area contributed by atoms with Gasteiger partial charge < -0.3 is 5.32 Å². The van der Waals surface area contributed by atoms with Crippen molar-refractivity contribution in [3.63, 3.8) is 0 Å². The second-order valence-electron chi connectivity index (χ2n) is 3.45. The predicted octanol–water partition coefficient (Wildman–Crippen LogP) is 2.71. The van der Waals surface area contributed by atoms with Gasteiger partial charge in [0.1, 0.15) is 17.3 Å². The summed E-state index contributed by atoms with van der Waals surface area (Å²) in [6, 6.07) is 3.30. The van der Waals surface area contributed by atoms with E-state index < -0.39 is 11.6 Å². The van der Waals surface area contributed by atoms with Crippen LogP contribution in [0.1, 0.15) is 5.69 Å². The Balaban J connectivity index is 2.62. The molecule has 2 N–H and O–H groups in total. The van der Waals surface area contributed by atoms with Crippen LogP contribution in [0.2, 0.25) is 0 Å². The molecule has 0 saturated heterocycles. The molecule has 0 atom stereocenters. The number of rotatable bonds is 2. The van der Waals surface area contributed by atoms with E-state index in [0.29, 0.717) is 11.4 Å². The van der Waals surface area contributed by atoms with Crippen molar-refractivity contribution in [2.24, 2.45) is 0 Å². The lowest BCUT2D eigenvalue weighted by molar-refractivity contribution is 0.602. The average molecular weight is 223 g/mol. The molecule has 2 aromatic rings. The topological polar surface area (TPSA) is 40.7 Å². The minimum Gasteiger partial charge on any atom is -0.385 e. The minimum absolute atomic E-state index is 0.147. The molecule has 1 aromatic heterocycles. The highest BCUT2D eigenvalue weighted by atomic mass is 19.1. The van der Waals surface area contributed by atoms with Crippen LogP contribution in [0.5, 0.6) is 0 Å². The van der Waals surface area contributed by atoms with Crippen LogP contribution in [0.15, 0.2) is 18.2 Å². The van der Waals surface area contributed by atoms with Crippen LogP contribution in [0.3, 0.4) is 0 Å². The zero-order chi connectivity index (χ0) is 11.7. The third-order valence-electron chi connectivity index (χ3n) is 2.38. The number of nitrogens with zero attached hydrogens (tertiary/aromatic N) is 1. The zero-order valence-electron chi connectivity index (χ0n) is 8.94. The molecule has 2 rings (SSSR count). The van der Waals surface area contributed by atoms with Gasteiger partial charge in [-0.15, -0.1) is 0 Å². The molecule has 84 valence electrons. The van der Waals surface area contributed by atoms with Gasteiger partial charge in [-0.05, 0) is 25.1 Å². The molecular formula is C11H11F2N3. The number of anilines is 1. The van der Waals surface area contributed by atoms with E-state index in [9.17, 15) is 8.78 Å². The molecule has 3 nitrogen and oxygen atoms in total. The normalized spacial score (nSPS) is 10.5. The number of aromatic nitrogens is 2. The number of aryl methyl sites for hydroxylation is 1. The van der Waals surface area contributed by atoms with Gasteiger partial charge in [-0.25, -0.2) is 8.78 Å². The highest BCUT2D eigenvalue weighted by Crippen LogP contribution is 2.30. The number of halogens is 2. The number of benzene rings is 1. The summed E-state index contributed by atoms with van der Waals surface area (Å²) in [6.07, 6.45) is 0. The van der Waals surface area contributed by atoms with Crippen molar-refractivity contribution in [3.05, 3.63) is 35.5 Å². The Morgan fingerprint density at radius 2 is 2.06 bits per heavy atom. The summed E-state index contributed by atoms with van der Waals surface area (Å²) < 4.78 is 26.6. The van der Waals surface area contributed by atoms with Gasteiger partial charge in [-0.1, -0.05) is 0 Å². The van der Waals surface area contributed by atoms with Crippen LogP contribution in [0.25, 0.3) is 11.3 Å². The van der Waals surface area contributed by atoms with E-state index in [1.54, 1.807) is 14.0 Å². The first-order chi connectivity index (χ1) is 7.63. The maximum Gasteiger partial charge on any atom is 0.132 e. The summed E-state index contributed by atoms with van der Waals surface area (Å²) in [6.45, 7) is 1.81. The average Bonchev–Trinajstić information content (AvgIpc) is 2.63. The lowest BCUT2D eigenvalue weighted by atomic mass is 10.1. The van der Waals surface area contributed by atoms with Gasteiger partial charge in [0.2, 0.25) is 0 Å². The monoisotopic (exact) mass is 223 g/mol. The van der Waals surface area contributed by atoms with E-state index in [4.69, 9.17) is 0 Å². The second kappa shape index (κ2) is 3.92. The van der Waals surface area contributed by atoms with Crippen molar-refractivity contribution >= 4 is 5.69 Å². The van der Waals surface area contributed by atoms with Gasteiger partial charge in [0, 0.05) is 12.6 Å². The maximum absolute atomic E-state index is 13.5. The molecule has 1 aromatic carbocycles. The van der Waals surface area contributed by atoms with Crippen LogP contribution >= 0.6 is 0 Å². The molecule has 0 saturated carbocycles. The quantitative estimate of drug-likeness (QED) is 0.821. The van der Waals surface area contributed by atoms with Crippen molar-refractivity contribution in [2.75, 3.05) is 12.4 Å². The summed E-state index contributed by atoms with van der Waals surface area (Å²) >= 11 is 0. The summed E-state index contributed by atoms with van der Waals surface area (Å²) in [4.78, 5) is 0. The second-order valence-corrected chi connectivity index (χ2v) is 3.45. The Kier molecular flexibility index (Phi) is 2.60. The van der Waals surface area contributed by atoms with Gasteiger partial charge >= 0.3 is 0 Å². The molecule has 1 heterocycles. The Morgan fingerprint density at radius 3 is 2.75 bits per heavy atom. The van der Waals surface area contributed by atoms with E-state index in [1.165, 1.54) is 0 Å². The first kappa shape index (κ1) is 10.6. The number of nitrogens with one attached hydrogen (secondary N) is 2. The van der Waals surface area contributed by atoms with E-state index in [-0.39, 0.29) is 5.56 Å². The SMILES string of the molecule is CNc1c(-c2cc(F)ccc2F)n[nH]c1C. The fraction of sp³-hybridized carbons (Fsp3) is 0.182. The Morgan fingerprint density at radius 1 is 1.31 bits per heavy atom. The van der Waals surface area contributed by atoms with E-state index >= 15 is 0 Å². The minimum atomic E-state index is -0.496. The zero-order valence-corrected chi connectivity index (χ0v) is 8.94. The number of aromatic amines is 1. The van der Waals surface area contributed by atoms with E-state index in [2.05, 4.69) is 15.5 Å². The molecule has 0 fully saturated rings. The third-order valence-corrected chi connectivity index (χ3v) is 2.38. The molecule has 0 aliphatic rings. The molecule has 0 spiro atoms. The highest BCUT2D eigenvalue weighted by Gasteiger charge is 2.15. The molecule has 0 bridgehead atoms.